The van der Waals surface area contributed by atoms with Crippen LogP contribution in [0.15, 0.2) is 23.1 Å². The Morgan fingerprint density at radius 3 is 2.33 bits per heavy atom. The van der Waals surface area contributed by atoms with Crippen LogP contribution in [0.3, 0.4) is 0 Å². The minimum atomic E-state index is -3.60. The number of hydrogen-bond acceptors (Lipinski definition) is 5. The van der Waals surface area contributed by atoms with E-state index in [0.29, 0.717) is 18.7 Å². The van der Waals surface area contributed by atoms with E-state index in [9.17, 15) is 18.5 Å². The molecule has 21 heavy (non-hydrogen) atoms. The molecule has 0 saturated carbocycles. The van der Waals surface area contributed by atoms with Crippen molar-refractivity contribution in [2.24, 2.45) is 0 Å². The number of benzene rings is 1. The molecule has 0 amide bonds. The van der Waals surface area contributed by atoms with Crippen molar-refractivity contribution in [1.29, 1.82) is 0 Å². The summed E-state index contributed by atoms with van der Waals surface area (Å²) in [6.45, 7) is 7.04. The molecule has 1 saturated heterocycles. The quantitative estimate of drug-likeness (QED) is 0.697. The van der Waals surface area contributed by atoms with Gasteiger partial charge in [0, 0.05) is 26.2 Å². The van der Waals surface area contributed by atoms with Crippen molar-refractivity contribution in [3.8, 4) is 0 Å². The first kappa shape index (κ1) is 16.4. The molecule has 8 heteroatoms. The molecule has 0 radical (unpaired) electrons. The highest BCUT2D eigenvalue weighted by Gasteiger charge is 2.30. The smallest absolute Gasteiger partial charge is 0.423 e. The summed E-state index contributed by atoms with van der Waals surface area (Å²) in [6, 6.07) is 4.47. The molecule has 116 valence electrons. The summed E-state index contributed by atoms with van der Waals surface area (Å²) < 4.78 is 26.9. The third kappa shape index (κ3) is 3.46. The van der Waals surface area contributed by atoms with Crippen LogP contribution in [0.1, 0.15) is 12.5 Å². The van der Waals surface area contributed by atoms with Crippen LogP contribution in [0.2, 0.25) is 0 Å². The summed E-state index contributed by atoms with van der Waals surface area (Å²) in [5.74, 6) is 0. The molecule has 6 nitrogen and oxygen atoms in total. The van der Waals surface area contributed by atoms with Crippen molar-refractivity contribution in [3.63, 3.8) is 0 Å². The normalized spacial score (nSPS) is 17.9. The van der Waals surface area contributed by atoms with Crippen molar-refractivity contribution in [1.82, 2.24) is 9.21 Å². The van der Waals surface area contributed by atoms with E-state index < -0.39 is 17.1 Å². The van der Waals surface area contributed by atoms with Gasteiger partial charge in [0.25, 0.3) is 0 Å². The summed E-state index contributed by atoms with van der Waals surface area (Å²) >= 11 is 0. The first-order valence-corrected chi connectivity index (χ1v) is 8.49. The number of nitrogens with zero attached hydrogens (tertiary/aromatic N) is 2. The van der Waals surface area contributed by atoms with E-state index in [2.05, 4.69) is 11.8 Å². The van der Waals surface area contributed by atoms with Gasteiger partial charge in [-0.05, 0) is 30.6 Å². The predicted octanol–water partition coefficient (Wildman–Crippen LogP) is -0.999. The van der Waals surface area contributed by atoms with Gasteiger partial charge in [-0.3, -0.25) is 0 Å². The van der Waals surface area contributed by atoms with Crippen LogP contribution in [0.25, 0.3) is 0 Å². The minimum Gasteiger partial charge on any atom is -0.423 e. The van der Waals surface area contributed by atoms with Crippen molar-refractivity contribution in [3.05, 3.63) is 23.8 Å². The molecule has 0 atom stereocenters. The van der Waals surface area contributed by atoms with E-state index in [4.69, 9.17) is 0 Å². The van der Waals surface area contributed by atoms with Gasteiger partial charge in [0.05, 0.1) is 4.90 Å². The van der Waals surface area contributed by atoms with Gasteiger partial charge in [-0.25, -0.2) is 8.42 Å². The fourth-order valence-electron chi connectivity index (χ4n) is 2.48. The fraction of sp³-hybridized carbons (Fsp3) is 0.538. The molecule has 0 spiro atoms. The summed E-state index contributed by atoms with van der Waals surface area (Å²) in [5, 5.41) is 18.4. The third-order valence-corrected chi connectivity index (χ3v) is 5.95. The van der Waals surface area contributed by atoms with Gasteiger partial charge in [0.2, 0.25) is 10.0 Å². The highest BCUT2D eigenvalue weighted by atomic mass is 32.2. The largest absolute Gasteiger partial charge is 0.488 e. The summed E-state index contributed by atoms with van der Waals surface area (Å²) in [6.07, 6.45) is 0. The average molecular weight is 312 g/mol. The molecule has 0 aliphatic carbocycles. The van der Waals surface area contributed by atoms with Crippen LogP contribution < -0.4 is 5.46 Å². The Morgan fingerprint density at radius 1 is 1.19 bits per heavy atom. The number of rotatable bonds is 4. The number of hydrogen-bond donors (Lipinski definition) is 2. The first-order valence-electron chi connectivity index (χ1n) is 7.05. The molecule has 1 aromatic rings. The van der Waals surface area contributed by atoms with Crippen molar-refractivity contribution < 1.29 is 18.5 Å². The molecule has 2 rings (SSSR count). The Hall–Kier alpha value is -0.925. The molecule has 2 N–H and O–H groups in total. The van der Waals surface area contributed by atoms with Crippen LogP contribution in [0.5, 0.6) is 0 Å². The maximum absolute atomic E-state index is 12.7. The second-order valence-corrected chi connectivity index (χ2v) is 7.14. The lowest BCUT2D eigenvalue weighted by Gasteiger charge is -2.33. The molecule has 0 aromatic heterocycles. The molecular weight excluding hydrogens is 291 g/mol. The predicted molar refractivity (Wildman–Crippen MR) is 81.9 cm³/mol. The van der Waals surface area contributed by atoms with Crippen LogP contribution in [-0.2, 0) is 10.0 Å². The maximum atomic E-state index is 12.7. The van der Waals surface area contributed by atoms with Crippen LogP contribution in [-0.4, -0.2) is 67.5 Å². The summed E-state index contributed by atoms with van der Waals surface area (Å²) in [7, 11) is -5.27. The zero-order valence-corrected chi connectivity index (χ0v) is 13.2. The van der Waals surface area contributed by atoms with Crippen molar-refractivity contribution in [2.75, 3.05) is 32.7 Å². The van der Waals surface area contributed by atoms with Gasteiger partial charge in [-0.1, -0.05) is 19.1 Å². The topological polar surface area (TPSA) is 81.1 Å². The summed E-state index contributed by atoms with van der Waals surface area (Å²) in [5.41, 5.74) is 0.795. The number of piperazine rings is 1. The van der Waals surface area contributed by atoms with Gasteiger partial charge in [0.15, 0.2) is 0 Å². The van der Waals surface area contributed by atoms with Gasteiger partial charge in [-0.15, -0.1) is 0 Å². The molecule has 1 fully saturated rings. The Bertz CT molecular complexity index is 598. The lowest BCUT2D eigenvalue weighted by Crippen LogP contribution is -2.48. The fourth-order valence-corrected chi connectivity index (χ4v) is 4.16. The van der Waals surface area contributed by atoms with E-state index >= 15 is 0 Å². The average Bonchev–Trinajstić information content (AvgIpc) is 2.47. The number of sulfonamides is 1. The van der Waals surface area contributed by atoms with Gasteiger partial charge in [0.1, 0.15) is 0 Å². The maximum Gasteiger partial charge on any atom is 0.488 e. The third-order valence-electron chi connectivity index (χ3n) is 3.91. The van der Waals surface area contributed by atoms with Crippen LogP contribution in [0.4, 0.5) is 0 Å². The van der Waals surface area contributed by atoms with Gasteiger partial charge in [-0.2, -0.15) is 4.31 Å². The van der Waals surface area contributed by atoms with Crippen molar-refractivity contribution >= 4 is 22.6 Å². The van der Waals surface area contributed by atoms with E-state index in [-0.39, 0.29) is 10.4 Å². The lowest BCUT2D eigenvalue weighted by atomic mass is 9.80. The van der Waals surface area contributed by atoms with E-state index in [1.54, 1.807) is 13.0 Å². The molecule has 1 aliphatic heterocycles. The Labute approximate surface area is 126 Å². The van der Waals surface area contributed by atoms with Crippen LogP contribution in [0, 0.1) is 6.92 Å². The second kappa shape index (κ2) is 6.45. The van der Waals surface area contributed by atoms with E-state index in [1.807, 2.05) is 0 Å². The highest BCUT2D eigenvalue weighted by molar-refractivity contribution is 7.89. The second-order valence-electron chi connectivity index (χ2n) is 5.24. The first-order chi connectivity index (χ1) is 9.86. The highest BCUT2D eigenvalue weighted by Crippen LogP contribution is 2.20. The molecule has 1 aliphatic rings. The molecule has 1 aromatic carbocycles. The zero-order chi connectivity index (χ0) is 15.6. The molecule has 1 heterocycles. The molecular formula is C13H21BN2O4S. The van der Waals surface area contributed by atoms with Gasteiger partial charge >= 0.3 is 7.12 Å². The van der Waals surface area contributed by atoms with E-state index in [1.165, 1.54) is 16.4 Å². The Morgan fingerprint density at radius 2 is 1.81 bits per heavy atom. The minimum absolute atomic E-state index is 0.151. The number of aryl methyl sites for hydroxylation is 1. The van der Waals surface area contributed by atoms with E-state index in [0.717, 1.165) is 19.6 Å². The SMILES string of the molecule is CCN1CCN(S(=O)(=O)c2cc(B(O)O)ccc2C)CC1. The standard InChI is InChI=1S/C13H21BN2O4S/c1-3-15-6-8-16(9-7-15)21(19,20)13-10-12(14(17)18)5-4-11(13)2/h4-5,10,17-18H,3,6-9H2,1-2H3. The zero-order valence-electron chi connectivity index (χ0n) is 12.4. The Balaban J connectivity index is 2.29. The van der Waals surface area contributed by atoms with Crippen LogP contribution >= 0.6 is 0 Å². The van der Waals surface area contributed by atoms with Crippen molar-refractivity contribution in [2.45, 2.75) is 18.7 Å². The molecule has 0 unspecified atom stereocenters. The molecule has 0 bridgehead atoms. The summed E-state index contributed by atoms with van der Waals surface area (Å²) in [4.78, 5) is 2.35. The number of likely N-dealkylation sites (N-methyl/N-ethyl adjacent to an activating group) is 1. The lowest BCUT2D eigenvalue weighted by molar-refractivity contribution is 0.196. The Kier molecular flexibility index (Phi) is 5.05. The monoisotopic (exact) mass is 312 g/mol. The van der Waals surface area contributed by atoms with Gasteiger partial charge < -0.3 is 14.9 Å².